The largest absolute Gasteiger partial charge is 0.477 e. The van der Waals surface area contributed by atoms with Crippen molar-refractivity contribution in [3.63, 3.8) is 0 Å². The average Bonchev–Trinajstić information content (AvgIpc) is 2.70. The highest BCUT2D eigenvalue weighted by Gasteiger charge is 2.26. The second-order valence-electron chi connectivity index (χ2n) is 7.09. The zero-order valence-electron chi connectivity index (χ0n) is 15.7. The Labute approximate surface area is 171 Å². The van der Waals surface area contributed by atoms with Gasteiger partial charge in [-0.2, -0.15) is 0 Å². The number of likely N-dealkylation sites (N-methyl/N-ethyl adjacent to an activating group) is 1. The summed E-state index contributed by atoms with van der Waals surface area (Å²) in [7, 11) is 2.00. The minimum atomic E-state index is -1.37. The molecule has 1 aromatic heterocycles. The quantitative estimate of drug-likeness (QED) is 0.711. The number of rotatable bonds is 3. The van der Waals surface area contributed by atoms with Crippen LogP contribution in [-0.2, 0) is 0 Å². The number of aromatic nitrogens is 1. The van der Waals surface area contributed by atoms with Gasteiger partial charge in [0.05, 0.1) is 21.6 Å². The molecule has 2 heterocycles. The Morgan fingerprint density at radius 2 is 1.79 bits per heavy atom. The molecule has 150 valence electrons. The zero-order chi connectivity index (χ0) is 20.7. The van der Waals surface area contributed by atoms with Crippen LogP contribution < -0.4 is 10.3 Å². The van der Waals surface area contributed by atoms with Crippen LogP contribution in [0.3, 0.4) is 0 Å². The van der Waals surface area contributed by atoms with Gasteiger partial charge in [0, 0.05) is 38.1 Å². The molecule has 1 aliphatic heterocycles. The predicted octanol–water partition coefficient (Wildman–Crippen LogP) is 3.23. The van der Waals surface area contributed by atoms with Gasteiger partial charge >= 0.3 is 5.97 Å². The highest BCUT2D eigenvalue weighted by molar-refractivity contribution is 6.38. The van der Waals surface area contributed by atoms with Crippen LogP contribution in [-0.4, -0.2) is 53.8 Å². The van der Waals surface area contributed by atoms with Crippen LogP contribution in [0, 0.1) is 5.82 Å². The number of nitrogens with zero attached hydrogens (tertiary/aromatic N) is 3. The molecule has 8 heteroatoms. The van der Waals surface area contributed by atoms with E-state index in [9.17, 15) is 14.7 Å². The molecular formula is C21H19ClFN3O3. The molecule has 4 rings (SSSR count). The zero-order valence-corrected chi connectivity index (χ0v) is 16.5. The first kappa shape index (κ1) is 19.4. The second kappa shape index (κ2) is 7.50. The third kappa shape index (κ3) is 3.36. The minimum absolute atomic E-state index is 0.0610. The van der Waals surface area contributed by atoms with E-state index in [0.717, 1.165) is 19.2 Å². The standard InChI is InChI=1S/C21H19ClFN3O3/c1-24-7-9-25(10-8-24)19-16(23)11-14-18(17(19)22)26(13-5-3-2-4-6-13)12-15(20(14)27)21(28)29/h2-6,11-12H,7-10H2,1H3,(H,28,29). The number of carbonyl (C=O) groups is 1. The smallest absolute Gasteiger partial charge is 0.341 e. The van der Waals surface area contributed by atoms with Crippen LogP contribution >= 0.6 is 11.6 Å². The van der Waals surface area contributed by atoms with Gasteiger partial charge in [-0.25, -0.2) is 9.18 Å². The van der Waals surface area contributed by atoms with Gasteiger partial charge < -0.3 is 19.5 Å². The molecule has 0 saturated carbocycles. The fraction of sp³-hybridized carbons (Fsp3) is 0.238. The molecule has 2 aromatic carbocycles. The lowest BCUT2D eigenvalue weighted by Gasteiger charge is -2.35. The van der Waals surface area contributed by atoms with Crippen LogP contribution in [0.5, 0.6) is 0 Å². The summed E-state index contributed by atoms with van der Waals surface area (Å²) in [6.07, 6.45) is 1.25. The normalized spacial score (nSPS) is 15.1. The van der Waals surface area contributed by atoms with E-state index in [4.69, 9.17) is 11.6 Å². The summed E-state index contributed by atoms with van der Waals surface area (Å²) >= 11 is 6.67. The van der Waals surface area contributed by atoms with Gasteiger partial charge in [-0.3, -0.25) is 4.79 Å². The Morgan fingerprint density at radius 3 is 2.41 bits per heavy atom. The highest BCUT2D eigenvalue weighted by Crippen LogP contribution is 2.37. The molecule has 0 radical (unpaired) electrons. The number of carboxylic acids is 1. The molecule has 0 aliphatic carbocycles. The van der Waals surface area contributed by atoms with Crippen molar-refractivity contribution in [2.24, 2.45) is 0 Å². The number of fused-ring (bicyclic) bond motifs is 1. The van der Waals surface area contributed by atoms with E-state index in [2.05, 4.69) is 4.90 Å². The summed E-state index contributed by atoms with van der Waals surface area (Å²) in [5.74, 6) is -2.01. The van der Waals surface area contributed by atoms with E-state index in [0.29, 0.717) is 24.3 Å². The third-order valence-corrected chi connectivity index (χ3v) is 5.60. The van der Waals surface area contributed by atoms with Crippen molar-refractivity contribution < 1.29 is 14.3 Å². The van der Waals surface area contributed by atoms with E-state index >= 15 is 4.39 Å². The molecule has 1 aliphatic rings. The number of anilines is 1. The highest BCUT2D eigenvalue weighted by atomic mass is 35.5. The fourth-order valence-corrected chi connectivity index (χ4v) is 4.07. The van der Waals surface area contributed by atoms with Crippen molar-refractivity contribution in [2.45, 2.75) is 0 Å². The second-order valence-corrected chi connectivity index (χ2v) is 7.47. The monoisotopic (exact) mass is 415 g/mol. The van der Waals surface area contributed by atoms with Crippen LogP contribution in [0.1, 0.15) is 10.4 Å². The van der Waals surface area contributed by atoms with Gasteiger partial charge in [0.1, 0.15) is 11.4 Å². The first-order chi connectivity index (χ1) is 13.9. The number of pyridine rings is 1. The van der Waals surface area contributed by atoms with E-state index in [1.54, 1.807) is 28.8 Å². The van der Waals surface area contributed by atoms with Gasteiger partial charge in [0.2, 0.25) is 5.43 Å². The van der Waals surface area contributed by atoms with Gasteiger partial charge in [-0.15, -0.1) is 0 Å². The summed E-state index contributed by atoms with van der Waals surface area (Å²) in [6, 6.07) is 10.0. The number of para-hydroxylation sites is 1. The maximum absolute atomic E-state index is 15.1. The van der Waals surface area contributed by atoms with E-state index < -0.39 is 22.8 Å². The van der Waals surface area contributed by atoms with Crippen molar-refractivity contribution >= 4 is 34.2 Å². The van der Waals surface area contributed by atoms with Crippen LogP contribution in [0.25, 0.3) is 16.6 Å². The van der Waals surface area contributed by atoms with Crippen LogP contribution in [0.4, 0.5) is 10.1 Å². The molecule has 1 fully saturated rings. The lowest BCUT2D eigenvalue weighted by atomic mass is 10.1. The van der Waals surface area contributed by atoms with Gasteiger partial charge in [-0.1, -0.05) is 29.8 Å². The first-order valence-electron chi connectivity index (χ1n) is 9.18. The van der Waals surface area contributed by atoms with Crippen molar-refractivity contribution in [3.05, 3.63) is 69.2 Å². The first-order valence-corrected chi connectivity index (χ1v) is 9.56. The van der Waals surface area contributed by atoms with Crippen molar-refractivity contribution in [2.75, 3.05) is 38.1 Å². The number of benzene rings is 2. The van der Waals surface area contributed by atoms with Crippen LogP contribution in [0.2, 0.25) is 5.02 Å². The Kier molecular flexibility index (Phi) is 5.02. The SMILES string of the molecule is CN1CCN(c2c(F)cc3c(=O)c(C(=O)O)cn(-c4ccccc4)c3c2Cl)CC1. The maximum Gasteiger partial charge on any atom is 0.341 e. The molecule has 6 nitrogen and oxygen atoms in total. The molecule has 0 amide bonds. The summed E-state index contributed by atoms with van der Waals surface area (Å²) in [5, 5.41) is 9.50. The predicted molar refractivity (Wildman–Crippen MR) is 111 cm³/mol. The number of carboxylic acid groups (broad SMARTS) is 1. The van der Waals surface area contributed by atoms with E-state index in [-0.39, 0.29) is 16.1 Å². The summed E-state index contributed by atoms with van der Waals surface area (Å²) < 4.78 is 16.6. The molecule has 0 atom stereocenters. The lowest BCUT2D eigenvalue weighted by Crippen LogP contribution is -2.45. The number of hydrogen-bond donors (Lipinski definition) is 1. The van der Waals surface area contributed by atoms with Crippen molar-refractivity contribution in [3.8, 4) is 5.69 Å². The molecule has 3 aromatic rings. The molecule has 0 spiro atoms. The number of hydrogen-bond acceptors (Lipinski definition) is 4. The number of aromatic carboxylic acids is 1. The van der Waals surface area contributed by atoms with Gasteiger partial charge in [-0.05, 0) is 25.2 Å². The van der Waals surface area contributed by atoms with E-state index in [1.807, 2.05) is 18.0 Å². The molecule has 1 N–H and O–H groups in total. The topological polar surface area (TPSA) is 65.8 Å². The summed E-state index contributed by atoms with van der Waals surface area (Å²) in [4.78, 5) is 28.4. The van der Waals surface area contributed by atoms with Crippen molar-refractivity contribution in [1.29, 1.82) is 0 Å². The average molecular weight is 416 g/mol. The fourth-order valence-electron chi connectivity index (χ4n) is 3.67. The lowest BCUT2D eigenvalue weighted by molar-refractivity contribution is 0.0695. The van der Waals surface area contributed by atoms with E-state index in [1.165, 1.54) is 6.20 Å². The number of piperazine rings is 1. The van der Waals surface area contributed by atoms with Gasteiger partial charge in [0.25, 0.3) is 0 Å². The summed E-state index contributed by atoms with van der Waals surface area (Å²) in [6.45, 7) is 2.72. The maximum atomic E-state index is 15.1. The Morgan fingerprint density at radius 1 is 1.14 bits per heavy atom. The summed E-state index contributed by atoms with van der Waals surface area (Å²) in [5.41, 5.74) is -0.0463. The Bertz CT molecular complexity index is 1160. The van der Waals surface area contributed by atoms with Crippen molar-refractivity contribution in [1.82, 2.24) is 9.47 Å². The molecule has 1 saturated heterocycles. The molecule has 29 heavy (non-hydrogen) atoms. The molecular weight excluding hydrogens is 397 g/mol. The van der Waals surface area contributed by atoms with Gasteiger partial charge in [0.15, 0.2) is 0 Å². The number of halogens is 2. The third-order valence-electron chi connectivity index (χ3n) is 5.24. The molecule has 0 bridgehead atoms. The minimum Gasteiger partial charge on any atom is -0.477 e. The molecule has 0 unspecified atom stereocenters. The Hall–Kier alpha value is -2.90. The Balaban J connectivity index is 2.05. The van der Waals surface area contributed by atoms with Crippen LogP contribution in [0.15, 0.2) is 47.4 Å².